The third-order valence-corrected chi connectivity index (χ3v) is 5.03. The number of nitrogens with one attached hydrogen (secondary N) is 2. The van der Waals surface area contributed by atoms with Gasteiger partial charge in [0, 0.05) is 32.8 Å². The molecule has 1 saturated carbocycles. The highest BCUT2D eigenvalue weighted by molar-refractivity contribution is 5.74. The van der Waals surface area contributed by atoms with Crippen LogP contribution >= 0.6 is 0 Å². The molecule has 3 atom stereocenters. The lowest BCUT2D eigenvalue weighted by atomic mass is 10.1. The van der Waals surface area contributed by atoms with E-state index in [1.54, 1.807) is 7.11 Å². The van der Waals surface area contributed by atoms with E-state index in [0.717, 1.165) is 25.4 Å². The van der Waals surface area contributed by atoms with Gasteiger partial charge in [-0.05, 0) is 39.0 Å². The predicted octanol–water partition coefficient (Wildman–Crippen LogP) is 1.97. The number of ether oxygens (including phenoxy) is 1. The molecule has 1 saturated heterocycles. The fourth-order valence-electron chi connectivity index (χ4n) is 3.43. The van der Waals surface area contributed by atoms with Gasteiger partial charge in [0.25, 0.3) is 0 Å². The molecule has 0 bridgehead atoms. The first kappa shape index (κ1) is 16.6. The minimum absolute atomic E-state index is 0.0194. The van der Waals surface area contributed by atoms with Gasteiger partial charge in [-0.2, -0.15) is 0 Å². The maximum absolute atomic E-state index is 12.0. The molecule has 0 aromatic rings. The molecule has 2 N–H and O–H groups in total. The topological polar surface area (TPSA) is 53.6 Å². The number of likely N-dealkylation sites (tertiary alicyclic amines) is 1. The lowest BCUT2D eigenvalue weighted by molar-refractivity contribution is 0.0910. The van der Waals surface area contributed by atoms with Crippen LogP contribution in [0.4, 0.5) is 4.79 Å². The van der Waals surface area contributed by atoms with Crippen molar-refractivity contribution in [2.24, 2.45) is 5.92 Å². The summed E-state index contributed by atoms with van der Waals surface area (Å²) in [6, 6.07) is 0.238. The first-order chi connectivity index (χ1) is 10.1. The summed E-state index contributed by atoms with van der Waals surface area (Å²) in [7, 11) is 1.67. The van der Waals surface area contributed by atoms with Crippen LogP contribution in [0.25, 0.3) is 0 Å². The second kappa shape index (κ2) is 7.99. The van der Waals surface area contributed by atoms with Gasteiger partial charge in [-0.1, -0.05) is 12.8 Å². The molecule has 2 amide bonds. The van der Waals surface area contributed by atoms with Crippen molar-refractivity contribution in [3.05, 3.63) is 0 Å². The first-order valence-corrected chi connectivity index (χ1v) is 8.40. The fourth-order valence-corrected chi connectivity index (χ4v) is 3.43. The SMILES string of the molecule is CO[C@H](C)[C@H](C)NC(=O)N[C@H]1CCN(CC2CCCC2)C1. The average molecular weight is 297 g/mol. The van der Waals surface area contributed by atoms with Crippen molar-refractivity contribution in [1.29, 1.82) is 0 Å². The van der Waals surface area contributed by atoms with Gasteiger partial charge >= 0.3 is 6.03 Å². The molecule has 0 aromatic carbocycles. The number of hydrogen-bond donors (Lipinski definition) is 2. The smallest absolute Gasteiger partial charge is 0.315 e. The van der Waals surface area contributed by atoms with E-state index in [2.05, 4.69) is 15.5 Å². The summed E-state index contributed by atoms with van der Waals surface area (Å²) < 4.78 is 5.22. The molecular formula is C16H31N3O2. The van der Waals surface area contributed by atoms with Crippen LogP contribution in [-0.2, 0) is 4.74 Å². The van der Waals surface area contributed by atoms with Crippen LogP contribution in [0.1, 0.15) is 46.0 Å². The van der Waals surface area contributed by atoms with E-state index in [0.29, 0.717) is 0 Å². The van der Waals surface area contributed by atoms with Gasteiger partial charge in [0.2, 0.25) is 0 Å². The van der Waals surface area contributed by atoms with E-state index in [4.69, 9.17) is 4.74 Å². The minimum atomic E-state index is -0.0703. The van der Waals surface area contributed by atoms with Crippen LogP contribution in [0, 0.1) is 5.92 Å². The molecule has 5 nitrogen and oxygen atoms in total. The van der Waals surface area contributed by atoms with Crippen LogP contribution in [0.3, 0.4) is 0 Å². The van der Waals surface area contributed by atoms with Crippen molar-refractivity contribution in [3.63, 3.8) is 0 Å². The van der Waals surface area contributed by atoms with Gasteiger partial charge in [0.1, 0.15) is 0 Å². The van der Waals surface area contributed by atoms with Crippen molar-refractivity contribution in [2.75, 3.05) is 26.7 Å². The highest BCUT2D eigenvalue weighted by Crippen LogP contribution is 2.26. The van der Waals surface area contributed by atoms with Crippen molar-refractivity contribution >= 4 is 6.03 Å². The van der Waals surface area contributed by atoms with Crippen LogP contribution in [0.5, 0.6) is 0 Å². The normalized spacial score (nSPS) is 26.7. The molecule has 1 aliphatic carbocycles. The van der Waals surface area contributed by atoms with Gasteiger partial charge in [-0.15, -0.1) is 0 Å². The standard InChI is InChI=1S/C16H31N3O2/c1-12(13(2)21-3)17-16(20)18-15-8-9-19(11-15)10-14-6-4-5-7-14/h12-15H,4-11H2,1-3H3,(H2,17,18,20)/t12-,13+,15-/m0/s1. The van der Waals surface area contributed by atoms with Crippen molar-refractivity contribution in [1.82, 2.24) is 15.5 Å². The van der Waals surface area contributed by atoms with Gasteiger partial charge in [-0.25, -0.2) is 4.79 Å². The van der Waals surface area contributed by atoms with Crippen molar-refractivity contribution < 1.29 is 9.53 Å². The Hall–Kier alpha value is -0.810. The van der Waals surface area contributed by atoms with Crippen LogP contribution in [0.15, 0.2) is 0 Å². The van der Waals surface area contributed by atoms with E-state index in [1.807, 2.05) is 13.8 Å². The highest BCUT2D eigenvalue weighted by Gasteiger charge is 2.27. The number of hydrogen-bond acceptors (Lipinski definition) is 3. The molecule has 1 heterocycles. The lowest BCUT2D eigenvalue weighted by Gasteiger charge is -2.22. The maximum Gasteiger partial charge on any atom is 0.315 e. The van der Waals surface area contributed by atoms with Gasteiger partial charge in [0.15, 0.2) is 0 Å². The van der Waals surface area contributed by atoms with Crippen LogP contribution in [0.2, 0.25) is 0 Å². The van der Waals surface area contributed by atoms with Gasteiger partial charge in [-0.3, -0.25) is 0 Å². The number of urea groups is 1. The van der Waals surface area contributed by atoms with E-state index in [1.165, 1.54) is 32.2 Å². The van der Waals surface area contributed by atoms with E-state index < -0.39 is 0 Å². The molecule has 0 aromatic heterocycles. The summed E-state index contributed by atoms with van der Waals surface area (Å²) in [6.07, 6.45) is 6.67. The summed E-state index contributed by atoms with van der Waals surface area (Å²) in [5.74, 6) is 0.889. The molecule has 21 heavy (non-hydrogen) atoms. The summed E-state index contributed by atoms with van der Waals surface area (Å²) >= 11 is 0. The Morgan fingerprint density at radius 2 is 2.00 bits per heavy atom. The number of nitrogens with zero attached hydrogens (tertiary/aromatic N) is 1. The first-order valence-electron chi connectivity index (χ1n) is 8.40. The Balaban J connectivity index is 1.66. The Morgan fingerprint density at radius 3 is 2.67 bits per heavy atom. The second-order valence-electron chi connectivity index (χ2n) is 6.74. The number of carbonyl (C=O) groups is 1. The molecule has 1 aliphatic heterocycles. The van der Waals surface area contributed by atoms with E-state index in [-0.39, 0.29) is 24.2 Å². The number of amides is 2. The van der Waals surface area contributed by atoms with Crippen molar-refractivity contribution in [2.45, 2.75) is 64.1 Å². The molecule has 2 aliphatic rings. The molecule has 122 valence electrons. The summed E-state index contributed by atoms with van der Waals surface area (Å²) in [6.45, 7) is 7.26. The second-order valence-corrected chi connectivity index (χ2v) is 6.74. The van der Waals surface area contributed by atoms with Gasteiger partial charge in [0.05, 0.1) is 12.1 Å². The molecule has 0 radical (unpaired) electrons. The third kappa shape index (κ3) is 5.15. The molecular weight excluding hydrogens is 266 g/mol. The maximum atomic E-state index is 12.0. The number of carbonyl (C=O) groups excluding carboxylic acids is 1. The van der Waals surface area contributed by atoms with Crippen LogP contribution < -0.4 is 10.6 Å². The zero-order chi connectivity index (χ0) is 15.2. The summed E-state index contributed by atoms with van der Waals surface area (Å²) in [4.78, 5) is 14.5. The molecule has 2 rings (SSSR count). The highest BCUT2D eigenvalue weighted by atomic mass is 16.5. The van der Waals surface area contributed by atoms with Crippen molar-refractivity contribution in [3.8, 4) is 0 Å². The molecule has 0 spiro atoms. The number of methoxy groups -OCH3 is 1. The lowest BCUT2D eigenvalue weighted by Crippen LogP contribution is -2.49. The summed E-state index contributed by atoms with van der Waals surface area (Å²) in [5.41, 5.74) is 0. The molecule has 0 unspecified atom stereocenters. The molecule has 5 heteroatoms. The monoisotopic (exact) mass is 297 g/mol. The van der Waals surface area contributed by atoms with E-state index >= 15 is 0 Å². The Bertz CT molecular complexity index is 331. The zero-order valence-corrected chi connectivity index (χ0v) is 13.7. The predicted molar refractivity (Wildman–Crippen MR) is 84.4 cm³/mol. The van der Waals surface area contributed by atoms with E-state index in [9.17, 15) is 4.79 Å². The molecule has 2 fully saturated rings. The zero-order valence-electron chi connectivity index (χ0n) is 13.7. The number of rotatable bonds is 6. The third-order valence-electron chi connectivity index (χ3n) is 5.03. The Labute approximate surface area is 128 Å². The van der Waals surface area contributed by atoms with Gasteiger partial charge < -0.3 is 20.3 Å². The Kier molecular flexibility index (Phi) is 6.30. The quantitative estimate of drug-likeness (QED) is 0.788. The fraction of sp³-hybridized carbons (Fsp3) is 0.938. The largest absolute Gasteiger partial charge is 0.380 e. The minimum Gasteiger partial charge on any atom is -0.380 e. The Morgan fingerprint density at radius 1 is 1.29 bits per heavy atom. The van der Waals surface area contributed by atoms with Crippen LogP contribution in [-0.4, -0.2) is 55.9 Å². The average Bonchev–Trinajstić information content (AvgIpc) is 3.10. The summed E-state index contributed by atoms with van der Waals surface area (Å²) in [5, 5.41) is 6.05.